The Morgan fingerprint density at radius 2 is 1.74 bits per heavy atom. The number of benzene rings is 1. The molecule has 108 valence electrons. The van der Waals surface area contributed by atoms with Gasteiger partial charge in [-0.15, -0.1) is 0 Å². The lowest BCUT2D eigenvalue weighted by atomic mass is 10.1. The number of hydrogen-bond donors (Lipinski definition) is 1. The number of sulfone groups is 1. The Hall–Kier alpha value is -1.27. The summed E-state index contributed by atoms with van der Waals surface area (Å²) in [6, 6.07) is 4.60. The van der Waals surface area contributed by atoms with Crippen LogP contribution in [0.5, 0.6) is 11.5 Å². The lowest BCUT2D eigenvalue weighted by Gasteiger charge is -2.16. The molecule has 5 nitrogen and oxygen atoms in total. The van der Waals surface area contributed by atoms with Crippen molar-refractivity contribution < 1.29 is 17.9 Å². The van der Waals surface area contributed by atoms with Crippen molar-refractivity contribution in [1.29, 1.82) is 0 Å². The van der Waals surface area contributed by atoms with E-state index < -0.39 is 21.1 Å². The molecule has 19 heavy (non-hydrogen) atoms. The maximum absolute atomic E-state index is 11.9. The molecule has 1 unspecified atom stereocenters. The van der Waals surface area contributed by atoms with E-state index in [4.69, 9.17) is 15.2 Å². The monoisotopic (exact) mass is 287 g/mol. The lowest BCUT2D eigenvalue weighted by molar-refractivity contribution is 0.354. The average molecular weight is 287 g/mol. The first-order valence-corrected chi connectivity index (χ1v) is 7.72. The predicted molar refractivity (Wildman–Crippen MR) is 75.4 cm³/mol. The molecule has 0 aliphatic heterocycles. The molecule has 0 fully saturated rings. The van der Waals surface area contributed by atoms with Crippen LogP contribution in [-0.4, -0.2) is 33.6 Å². The van der Waals surface area contributed by atoms with E-state index in [2.05, 4.69) is 0 Å². The van der Waals surface area contributed by atoms with E-state index in [-0.39, 0.29) is 5.75 Å². The molecule has 6 heteroatoms. The fourth-order valence-corrected chi connectivity index (χ4v) is 2.70. The van der Waals surface area contributed by atoms with E-state index in [1.54, 1.807) is 39.2 Å². The van der Waals surface area contributed by atoms with E-state index in [0.29, 0.717) is 17.1 Å². The van der Waals surface area contributed by atoms with Crippen molar-refractivity contribution >= 4 is 9.84 Å². The maximum Gasteiger partial charge on any atom is 0.161 e. The molecule has 0 aliphatic carbocycles. The van der Waals surface area contributed by atoms with Crippen LogP contribution in [0.2, 0.25) is 0 Å². The molecule has 0 bridgehead atoms. The highest BCUT2D eigenvalue weighted by Crippen LogP contribution is 2.29. The van der Waals surface area contributed by atoms with Crippen LogP contribution in [0, 0.1) is 0 Å². The van der Waals surface area contributed by atoms with Gasteiger partial charge < -0.3 is 15.2 Å². The first-order chi connectivity index (χ1) is 8.81. The minimum absolute atomic E-state index is 0.0832. The van der Waals surface area contributed by atoms with Crippen molar-refractivity contribution in [2.75, 3.05) is 20.0 Å². The van der Waals surface area contributed by atoms with Gasteiger partial charge in [-0.25, -0.2) is 8.42 Å². The van der Waals surface area contributed by atoms with Gasteiger partial charge in [-0.2, -0.15) is 0 Å². The van der Waals surface area contributed by atoms with Crippen LogP contribution in [0.25, 0.3) is 0 Å². The second-order valence-corrected chi connectivity index (χ2v) is 7.20. The van der Waals surface area contributed by atoms with Crippen molar-refractivity contribution in [3.05, 3.63) is 23.8 Å². The second kappa shape index (κ2) is 6.25. The summed E-state index contributed by atoms with van der Waals surface area (Å²) in [5.74, 6) is 1.04. The van der Waals surface area contributed by atoms with Crippen LogP contribution >= 0.6 is 0 Å². The molecule has 0 spiro atoms. The quantitative estimate of drug-likeness (QED) is 0.858. The summed E-state index contributed by atoms with van der Waals surface area (Å²) in [6.45, 7) is 3.30. The van der Waals surface area contributed by atoms with Gasteiger partial charge in [0, 0.05) is 6.04 Å². The zero-order valence-electron chi connectivity index (χ0n) is 11.7. The Morgan fingerprint density at radius 1 is 1.16 bits per heavy atom. The molecule has 0 heterocycles. The molecule has 0 aliphatic rings. The van der Waals surface area contributed by atoms with Crippen LogP contribution < -0.4 is 15.2 Å². The van der Waals surface area contributed by atoms with Crippen LogP contribution in [0.4, 0.5) is 0 Å². The zero-order valence-corrected chi connectivity index (χ0v) is 12.5. The fourth-order valence-electron chi connectivity index (χ4n) is 1.62. The first-order valence-electron chi connectivity index (χ1n) is 6.01. The second-order valence-electron chi connectivity index (χ2n) is 4.60. The van der Waals surface area contributed by atoms with Crippen LogP contribution in [0.3, 0.4) is 0 Å². The minimum Gasteiger partial charge on any atom is -0.493 e. The Kier molecular flexibility index (Phi) is 5.20. The Morgan fingerprint density at radius 3 is 2.21 bits per heavy atom. The van der Waals surface area contributed by atoms with Gasteiger partial charge in [-0.1, -0.05) is 6.07 Å². The Balaban J connectivity index is 2.98. The molecule has 2 N–H and O–H groups in total. The largest absolute Gasteiger partial charge is 0.493 e. The number of rotatable bonds is 6. The topological polar surface area (TPSA) is 78.6 Å². The van der Waals surface area contributed by atoms with E-state index in [1.165, 1.54) is 7.11 Å². The summed E-state index contributed by atoms with van der Waals surface area (Å²) in [7, 11) is -0.110. The van der Waals surface area contributed by atoms with Gasteiger partial charge in [-0.05, 0) is 31.5 Å². The number of methoxy groups -OCH3 is 2. The highest BCUT2D eigenvalue weighted by Gasteiger charge is 2.21. The third-order valence-electron chi connectivity index (χ3n) is 2.97. The van der Waals surface area contributed by atoms with Gasteiger partial charge in [0.05, 0.1) is 25.2 Å². The highest BCUT2D eigenvalue weighted by molar-refractivity contribution is 7.92. The molecule has 0 aromatic heterocycles. The van der Waals surface area contributed by atoms with Gasteiger partial charge in [0.1, 0.15) is 0 Å². The van der Waals surface area contributed by atoms with Gasteiger partial charge in [0.15, 0.2) is 21.3 Å². The number of nitrogens with two attached hydrogens (primary N) is 1. The minimum atomic E-state index is -3.18. The van der Waals surface area contributed by atoms with Gasteiger partial charge in [-0.3, -0.25) is 0 Å². The third-order valence-corrected chi connectivity index (χ3v) is 5.23. The molecule has 1 aromatic rings. The van der Waals surface area contributed by atoms with E-state index >= 15 is 0 Å². The highest BCUT2D eigenvalue weighted by atomic mass is 32.2. The standard InChI is InChI=1S/C13H21NO4S/c1-9(2)19(15,16)8-11(14)10-5-6-12(17-3)13(7-10)18-4/h5-7,9,11H,8,14H2,1-4H3. The van der Waals surface area contributed by atoms with E-state index in [1.807, 2.05) is 0 Å². The normalized spacial score (nSPS) is 13.4. The van der Waals surface area contributed by atoms with Crippen molar-refractivity contribution in [3.63, 3.8) is 0 Å². The van der Waals surface area contributed by atoms with E-state index in [0.717, 1.165) is 0 Å². The van der Waals surface area contributed by atoms with Gasteiger partial charge >= 0.3 is 0 Å². The zero-order chi connectivity index (χ0) is 14.6. The van der Waals surface area contributed by atoms with Crippen LogP contribution in [0.15, 0.2) is 18.2 Å². The van der Waals surface area contributed by atoms with Crippen molar-refractivity contribution in [2.45, 2.75) is 25.1 Å². The molecule has 0 amide bonds. The van der Waals surface area contributed by atoms with Crippen molar-refractivity contribution in [3.8, 4) is 11.5 Å². The summed E-state index contributed by atoms with van der Waals surface area (Å²) in [5.41, 5.74) is 6.67. The molecule has 1 rings (SSSR count). The number of ether oxygens (including phenoxy) is 2. The SMILES string of the molecule is COc1ccc(C(N)CS(=O)(=O)C(C)C)cc1OC. The maximum atomic E-state index is 11.9. The summed E-state index contributed by atoms with van der Waals surface area (Å²) >= 11 is 0. The molecule has 0 radical (unpaired) electrons. The lowest BCUT2D eigenvalue weighted by Crippen LogP contribution is -2.26. The fraction of sp³-hybridized carbons (Fsp3) is 0.538. The summed E-state index contributed by atoms with van der Waals surface area (Å²) in [5, 5.41) is -0.432. The van der Waals surface area contributed by atoms with Crippen molar-refractivity contribution in [1.82, 2.24) is 0 Å². The molecular formula is C13H21NO4S. The molecular weight excluding hydrogens is 266 g/mol. The van der Waals surface area contributed by atoms with Gasteiger partial charge in [0.2, 0.25) is 0 Å². The summed E-state index contributed by atoms with van der Waals surface area (Å²) in [4.78, 5) is 0. The molecule has 1 atom stereocenters. The third kappa shape index (κ3) is 3.84. The Labute approximate surface area is 114 Å². The van der Waals surface area contributed by atoms with Crippen LogP contribution in [-0.2, 0) is 9.84 Å². The summed E-state index contributed by atoms with van der Waals surface area (Å²) < 4.78 is 34.0. The number of hydrogen-bond acceptors (Lipinski definition) is 5. The first kappa shape index (κ1) is 15.8. The Bertz CT molecular complexity index is 525. The average Bonchev–Trinajstić information content (AvgIpc) is 2.37. The predicted octanol–water partition coefficient (Wildman–Crippen LogP) is 1.53. The molecule has 0 saturated heterocycles. The summed E-state index contributed by atoms with van der Waals surface area (Å²) in [6.07, 6.45) is 0. The molecule has 0 saturated carbocycles. The van der Waals surface area contributed by atoms with Crippen LogP contribution in [0.1, 0.15) is 25.5 Å². The van der Waals surface area contributed by atoms with Crippen molar-refractivity contribution in [2.24, 2.45) is 5.73 Å². The van der Waals surface area contributed by atoms with E-state index in [9.17, 15) is 8.42 Å². The smallest absolute Gasteiger partial charge is 0.161 e. The molecule has 1 aromatic carbocycles. The van der Waals surface area contributed by atoms with Gasteiger partial charge in [0.25, 0.3) is 0 Å².